The minimum absolute atomic E-state index is 0.124. The van der Waals surface area contributed by atoms with Crippen LogP contribution in [0.1, 0.15) is 27.0 Å². The third-order valence-corrected chi connectivity index (χ3v) is 3.45. The van der Waals surface area contributed by atoms with Gasteiger partial charge in [-0.2, -0.15) is 5.26 Å². The van der Waals surface area contributed by atoms with Gasteiger partial charge in [0.15, 0.2) is 0 Å². The van der Waals surface area contributed by atoms with E-state index < -0.39 is 0 Å². The zero-order valence-electron chi connectivity index (χ0n) is 12.9. The Morgan fingerprint density at radius 3 is 2.41 bits per heavy atom. The molecule has 0 aromatic heterocycles. The van der Waals surface area contributed by atoms with Gasteiger partial charge in [0.25, 0.3) is 0 Å². The van der Waals surface area contributed by atoms with E-state index in [0.717, 1.165) is 16.7 Å². The van der Waals surface area contributed by atoms with Gasteiger partial charge in [0.1, 0.15) is 17.4 Å². The zero-order valence-corrected chi connectivity index (χ0v) is 12.9. The van der Waals surface area contributed by atoms with E-state index in [1.165, 1.54) is 0 Å². The summed E-state index contributed by atoms with van der Waals surface area (Å²) in [6, 6.07) is 14.7. The van der Waals surface area contributed by atoms with E-state index in [4.69, 9.17) is 4.74 Å². The van der Waals surface area contributed by atoms with Crippen LogP contribution in [-0.2, 0) is 0 Å². The van der Waals surface area contributed by atoms with Gasteiger partial charge in [0, 0.05) is 5.56 Å². The highest BCUT2D eigenvalue weighted by atomic mass is 16.5. The Morgan fingerprint density at radius 1 is 1.14 bits per heavy atom. The number of ether oxygens (including phenoxy) is 1. The second-order valence-electron chi connectivity index (χ2n) is 5.09. The van der Waals surface area contributed by atoms with Crippen LogP contribution in [-0.4, -0.2) is 12.9 Å². The highest BCUT2D eigenvalue weighted by Gasteiger charge is 2.12. The van der Waals surface area contributed by atoms with Crippen LogP contribution < -0.4 is 4.74 Å². The largest absolute Gasteiger partial charge is 0.497 e. The Morgan fingerprint density at radius 2 is 1.82 bits per heavy atom. The number of Topliss-reactive ketones (excluding diaryl/α,β-unsaturated/α-hetero) is 1. The van der Waals surface area contributed by atoms with Gasteiger partial charge in [-0.3, -0.25) is 4.79 Å². The number of carbonyl (C=O) groups is 1. The molecule has 110 valence electrons. The Balaban J connectivity index is 2.38. The van der Waals surface area contributed by atoms with Crippen molar-refractivity contribution in [1.29, 1.82) is 5.26 Å². The zero-order chi connectivity index (χ0) is 16.1. The molecule has 0 aliphatic heterocycles. The molecule has 0 heterocycles. The number of benzene rings is 2. The minimum atomic E-state index is -0.286. The monoisotopic (exact) mass is 291 g/mol. The molecule has 3 nitrogen and oxygen atoms in total. The van der Waals surface area contributed by atoms with Crippen molar-refractivity contribution in [2.45, 2.75) is 13.8 Å². The van der Waals surface area contributed by atoms with Crippen molar-refractivity contribution < 1.29 is 9.53 Å². The molecule has 0 saturated heterocycles. The van der Waals surface area contributed by atoms with E-state index in [-0.39, 0.29) is 11.4 Å². The quantitative estimate of drug-likeness (QED) is 0.484. The maximum atomic E-state index is 12.4. The van der Waals surface area contributed by atoms with Crippen molar-refractivity contribution in [1.82, 2.24) is 0 Å². The second kappa shape index (κ2) is 6.73. The lowest BCUT2D eigenvalue weighted by Crippen LogP contribution is -2.02. The number of allylic oxidation sites excluding steroid dienone is 1. The van der Waals surface area contributed by atoms with Crippen molar-refractivity contribution in [2.24, 2.45) is 0 Å². The van der Waals surface area contributed by atoms with Gasteiger partial charge in [0.2, 0.25) is 5.78 Å². The number of ketones is 1. The third-order valence-electron chi connectivity index (χ3n) is 3.45. The molecule has 0 N–H and O–H groups in total. The Hall–Kier alpha value is -2.86. The van der Waals surface area contributed by atoms with Gasteiger partial charge in [0.05, 0.1) is 7.11 Å². The molecule has 2 aromatic rings. The normalized spacial score (nSPS) is 10.9. The molecule has 0 radical (unpaired) electrons. The predicted octanol–water partition coefficient (Wildman–Crippen LogP) is 4.10. The number of rotatable bonds is 4. The third kappa shape index (κ3) is 3.42. The first-order chi connectivity index (χ1) is 10.5. The first-order valence-electron chi connectivity index (χ1n) is 6.93. The molecule has 0 saturated carbocycles. The van der Waals surface area contributed by atoms with Crippen LogP contribution in [0, 0.1) is 25.2 Å². The Kier molecular flexibility index (Phi) is 4.75. The number of nitrogens with zero attached hydrogens (tertiary/aromatic N) is 1. The Bertz CT molecular complexity index is 765. The van der Waals surface area contributed by atoms with E-state index in [0.29, 0.717) is 11.3 Å². The average Bonchev–Trinajstić information content (AvgIpc) is 2.55. The van der Waals surface area contributed by atoms with Crippen LogP contribution in [0.3, 0.4) is 0 Å². The molecule has 0 aliphatic rings. The van der Waals surface area contributed by atoms with Crippen molar-refractivity contribution in [3.05, 3.63) is 70.3 Å². The average molecular weight is 291 g/mol. The summed E-state index contributed by atoms with van der Waals surface area (Å²) in [6.07, 6.45) is 1.65. The summed E-state index contributed by atoms with van der Waals surface area (Å²) >= 11 is 0. The molecule has 0 unspecified atom stereocenters. The Labute approximate surface area is 130 Å². The molecule has 0 fully saturated rings. The van der Waals surface area contributed by atoms with Gasteiger partial charge in [-0.05, 0) is 55.3 Å². The van der Waals surface area contributed by atoms with Gasteiger partial charge in [-0.1, -0.05) is 23.8 Å². The molecule has 3 heteroatoms. The summed E-state index contributed by atoms with van der Waals surface area (Å²) in [7, 11) is 1.57. The first kappa shape index (κ1) is 15.5. The maximum Gasteiger partial charge on any atom is 0.203 e. The predicted molar refractivity (Wildman–Crippen MR) is 86.8 cm³/mol. The lowest BCUT2D eigenvalue weighted by atomic mass is 9.99. The number of nitriles is 1. The number of hydrogen-bond donors (Lipinski definition) is 0. The number of hydrogen-bond acceptors (Lipinski definition) is 3. The molecule has 0 spiro atoms. The van der Waals surface area contributed by atoms with Crippen LogP contribution in [0.2, 0.25) is 0 Å². The maximum absolute atomic E-state index is 12.4. The van der Waals surface area contributed by atoms with Crippen molar-refractivity contribution in [3.8, 4) is 11.8 Å². The van der Waals surface area contributed by atoms with Crippen LogP contribution in [0.25, 0.3) is 6.08 Å². The lowest BCUT2D eigenvalue weighted by Gasteiger charge is -2.05. The molecular formula is C19H17NO2. The smallest absolute Gasteiger partial charge is 0.203 e. The molecule has 0 aliphatic carbocycles. The van der Waals surface area contributed by atoms with Gasteiger partial charge in [-0.15, -0.1) is 0 Å². The summed E-state index contributed by atoms with van der Waals surface area (Å²) in [5.41, 5.74) is 3.60. The van der Waals surface area contributed by atoms with E-state index in [2.05, 4.69) is 0 Å². The fourth-order valence-electron chi connectivity index (χ4n) is 2.12. The molecule has 0 bridgehead atoms. The molecular weight excluding hydrogens is 274 g/mol. The standard InChI is InChI=1S/C19H17NO2/c1-13-4-5-14(2)16(10-13)11-17(12-20)19(21)15-6-8-18(22-3)9-7-15/h4-11H,1-3H3/b17-11+. The molecule has 22 heavy (non-hydrogen) atoms. The summed E-state index contributed by atoms with van der Waals surface area (Å²) in [6.45, 7) is 3.94. The lowest BCUT2D eigenvalue weighted by molar-refractivity contribution is 0.104. The van der Waals surface area contributed by atoms with E-state index in [9.17, 15) is 10.1 Å². The number of carbonyl (C=O) groups excluding carboxylic acids is 1. The molecule has 2 rings (SSSR count). The highest BCUT2D eigenvalue weighted by molar-refractivity contribution is 6.14. The molecule has 0 amide bonds. The van der Waals surface area contributed by atoms with E-state index in [1.807, 2.05) is 38.1 Å². The van der Waals surface area contributed by atoms with Gasteiger partial charge in [-0.25, -0.2) is 0 Å². The minimum Gasteiger partial charge on any atom is -0.497 e. The molecule has 2 aromatic carbocycles. The van der Waals surface area contributed by atoms with Gasteiger partial charge < -0.3 is 4.74 Å². The van der Waals surface area contributed by atoms with Crippen LogP contribution in [0.15, 0.2) is 48.0 Å². The summed E-state index contributed by atoms with van der Waals surface area (Å²) in [5.74, 6) is 0.389. The summed E-state index contributed by atoms with van der Waals surface area (Å²) in [5, 5.41) is 9.32. The second-order valence-corrected chi connectivity index (χ2v) is 5.09. The van der Waals surface area contributed by atoms with Crippen LogP contribution in [0.5, 0.6) is 5.75 Å². The van der Waals surface area contributed by atoms with Crippen molar-refractivity contribution >= 4 is 11.9 Å². The van der Waals surface area contributed by atoms with E-state index in [1.54, 1.807) is 37.5 Å². The topological polar surface area (TPSA) is 50.1 Å². The van der Waals surface area contributed by atoms with Crippen LogP contribution >= 0.6 is 0 Å². The fourth-order valence-corrected chi connectivity index (χ4v) is 2.12. The summed E-state index contributed by atoms with van der Waals surface area (Å²) in [4.78, 5) is 12.4. The van der Waals surface area contributed by atoms with Crippen molar-refractivity contribution in [3.63, 3.8) is 0 Å². The number of methoxy groups -OCH3 is 1. The van der Waals surface area contributed by atoms with Crippen LogP contribution in [0.4, 0.5) is 0 Å². The first-order valence-corrected chi connectivity index (χ1v) is 6.93. The SMILES string of the molecule is COc1ccc(C(=O)/C(C#N)=C/c2cc(C)ccc2C)cc1. The highest BCUT2D eigenvalue weighted by Crippen LogP contribution is 2.18. The van der Waals surface area contributed by atoms with Crippen molar-refractivity contribution in [2.75, 3.05) is 7.11 Å². The number of aryl methyl sites for hydroxylation is 2. The molecule has 0 atom stereocenters. The van der Waals surface area contributed by atoms with E-state index >= 15 is 0 Å². The summed E-state index contributed by atoms with van der Waals surface area (Å²) < 4.78 is 5.07. The van der Waals surface area contributed by atoms with Gasteiger partial charge >= 0.3 is 0 Å². The fraction of sp³-hybridized carbons (Fsp3) is 0.158.